The topological polar surface area (TPSA) is 84.3 Å². The number of phenols is 1. The Bertz CT molecular complexity index is 936. The number of hydrogen-bond donors (Lipinski definition) is 2. The summed E-state index contributed by atoms with van der Waals surface area (Å²) in [5.41, 5.74) is 1.73. The van der Waals surface area contributed by atoms with Crippen LogP contribution >= 0.6 is 0 Å². The molecule has 0 bridgehead atoms. The van der Waals surface area contributed by atoms with Crippen molar-refractivity contribution in [1.29, 1.82) is 0 Å². The Labute approximate surface area is 156 Å². The first-order valence-electron chi connectivity index (χ1n) is 8.83. The van der Waals surface area contributed by atoms with Gasteiger partial charge in [0.2, 0.25) is 0 Å². The molecule has 6 heteroatoms. The van der Waals surface area contributed by atoms with Crippen LogP contribution in [0.15, 0.2) is 60.9 Å². The van der Waals surface area contributed by atoms with Gasteiger partial charge in [-0.1, -0.05) is 12.1 Å². The zero-order valence-electron chi connectivity index (χ0n) is 14.6. The van der Waals surface area contributed by atoms with E-state index in [0.717, 1.165) is 12.4 Å². The molecule has 136 valence electrons. The first kappa shape index (κ1) is 17.0. The molecule has 3 aromatic rings. The van der Waals surface area contributed by atoms with Crippen LogP contribution in [0.2, 0.25) is 0 Å². The minimum atomic E-state index is -0.238. The maximum Gasteiger partial charge on any atom is 0.255 e. The Kier molecular flexibility index (Phi) is 4.70. The van der Waals surface area contributed by atoms with Crippen molar-refractivity contribution in [3.63, 3.8) is 0 Å². The molecule has 1 saturated carbocycles. The van der Waals surface area contributed by atoms with E-state index < -0.39 is 0 Å². The van der Waals surface area contributed by atoms with Crippen LogP contribution in [-0.2, 0) is 0 Å². The third kappa shape index (κ3) is 4.41. The predicted molar refractivity (Wildman–Crippen MR) is 102 cm³/mol. The van der Waals surface area contributed by atoms with E-state index in [1.807, 2.05) is 0 Å². The smallest absolute Gasteiger partial charge is 0.255 e. The lowest BCUT2D eigenvalue weighted by atomic mass is 10.2. The summed E-state index contributed by atoms with van der Waals surface area (Å²) in [5, 5.41) is 12.3. The highest BCUT2D eigenvalue weighted by Crippen LogP contribution is 2.29. The average molecular weight is 361 g/mol. The van der Waals surface area contributed by atoms with E-state index in [-0.39, 0.29) is 11.7 Å². The fourth-order valence-electron chi connectivity index (χ4n) is 2.59. The molecule has 0 radical (unpaired) electrons. The van der Waals surface area contributed by atoms with E-state index in [2.05, 4.69) is 15.3 Å². The van der Waals surface area contributed by atoms with Gasteiger partial charge in [-0.2, -0.15) is 0 Å². The maximum atomic E-state index is 12.4. The number of phenolic OH excluding ortho intramolecular Hbond substituents is 1. The summed E-state index contributed by atoms with van der Waals surface area (Å²) in [6.45, 7) is 0.744. The van der Waals surface area contributed by atoms with Gasteiger partial charge in [-0.3, -0.25) is 4.79 Å². The van der Waals surface area contributed by atoms with Crippen LogP contribution in [0.5, 0.6) is 11.5 Å². The number of rotatable bonds is 6. The highest BCUT2D eigenvalue weighted by Gasteiger charge is 2.21. The van der Waals surface area contributed by atoms with Crippen molar-refractivity contribution in [2.75, 3.05) is 11.9 Å². The van der Waals surface area contributed by atoms with Gasteiger partial charge in [0.25, 0.3) is 5.91 Å². The SMILES string of the molecule is O=C(Nc1cnc(-c2cccc(O)c2)nc1)c1ccc(OCC2CC2)cc1. The second-order valence-electron chi connectivity index (χ2n) is 6.58. The van der Waals surface area contributed by atoms with Crippen LogP contribution in [0.1, 0.15) is 23.2 Å². The number of carbonyl (C=O) groups is 1. The minimum absolute atomic E-state index is 0.151. The number of ether oxygens (including phenoxy) is 1. The Morgan fingerprint density at radius 3 is 2.52 bits per heavy atom. The first-order chi connectivity index (χ1) is 13.2. The molecular formula is C21H19N3O3. The lowest BCUT2D eigenvalue weighted by Crippen LogP contribution is -2.12. The zero-order valence-corrected chi connectivity index (χ0v) is 14.6. The molecule has 0 spiro atoms. The summed E-state index contributed by atoms with van der Waals surface area (Å²) in [6, 6.07) is 13.8. The van der Waals surface area contributed by atoms with Gasteiger partial charge in [0.05, 0.1) is 24.7 Å². The van der Waals surface area contributed by atoms with Crippen molar-refractivity contribution in [3.05, 3.63) is 66.5 Å². The molecule has 0 unspecified atom stereocenters. The number of nitrogens with one attached hydrogen (secondary N) is 1. The Balaban J connectivity index is 1.38. The van der Waals surface area contributed by atoms with Gasteiger partial charge in [0.15, 0.2) is 5.82 Å². The van der Waals surface area contributed by atoms with Crippen molar-refractivity contribution in [3.8, 4) is 22.9 Å². The standard InChI is InChI=1S/C21H19N3O3/c25-18-3-1-2-16(10-18)20-22-11-17(12-23-20)24-21(26)15-6-8-19(9-7-15)27-13-14-4-5-14/h1-3,6-12,14,25H,4-5,13H2,(H,24,26). The lowest BCUT2D eigenvalue weighted by molar-refractivity contribution is 0.102. The fourth-order valence-corrected chi connectivity index (χ4v) is 2.59. The van der Waals surface area contributed by atoms with Gasteiger partial charge in [0, 0.05) is 11.1 Å². The van der Waals surface area contributed by atoms with Crippen molar-refractivity contribution >= 4 is 11.6 Å². The number of amides is 1. The fraction of sp³-hybridized carbons (Fsp3) is 0.190. The van der Waals surface area contributed by atoms with Crippen LogP contribution in [0.3, 0.4) is 0 Å². The van der Waals surface area contributed by atoms with E-state index >= 15 is 0 Å². The summed E-state index contributed by atoms with van der Waals surface area (Å²) in [5.74, 6) is 1.85. The Morgan fingerprint density at radius 2 is 1.85 bits per heavy atom. The number of hydrogen-bond acceptors (Lipinski definition) is 5. The van der Waals surface area contributed by atoms with Crippen LogP contribution in [0, 0.1) is 5.92 Å². The van der Waals surface area contributed by atoms with E-state index in [1.165, 1.54) is 25.2 Å². The summed E-state index contributed by atoms with van der Waals surface area (Å²) < 4.78 is 5.68. The molecule has 2 N–H and O–H groups in total. The lowest BCUT2D eigenvalue weighted by Gasteiger charge is -2.08. The molecule has 1 aliphatic rings. The highest BCUT2D eigenvalue weighted by atomic mass is 16.5. The maximum absolute atomic E-state index is 12.4. The molecule has 1 amide bonds. The monoisotopic (exact) mass is 361 g/mol. The molecule has 6 nitrogen and oxygen atoms in total. The van der Waals surface area contributed by atoms with Crippen LogP contribution in [0.4, 0.5) is 5.69 Å². The molecule has 0 saturated heterocycles. The van der Waals surface area contributed by atoms with Crippen LogP contribution in [0.25, 0.3) is 11.4 Å². The summed E-state index contributed by atoms with van der Waals surface area (Å²) in [6.07, 6.45) is 5.56. The molecule has 4 rings (SSSR count). The first-order valence-corrected chi connectivity index (χ1v) is 8.83. The molecule has 0 atom stereocenters. The number of anilines is 1. The average Bonchev–Trinajstić information content (AvgIpc) is 3.52. The van der Waals surface area contributed by atoms with E-state index in [0.29, 0.717) is 28.6 Å². The third-order valence-electron chi connectivity index (χ3n) is 4.31. The van der Waals surface area contributed by atoms with Crippen molar-refractivity contribution in [2.24, 2.45) is 5.92 Å². The molecular weight excluding hydrogens is 342 g/mol. The zero-order chi connectivity index (χ0) is 18.6. The van der Waals surface area contributed by atoms with Crippen molar-refractivity contribution in [2.45, 2.75) is 12.8 Å². The molecule has 1 aromatic heterocycles. The number of aromatic hydroxyl groups is 1. The second-order valence-corrected chi connectivity index (χ2v) is 6.58. The second kappa shape index (κ2) is 7.45. The highest BCUT2D eigenvalue weighted by molar-refractivity contribution is 6.04. The van der Waals surface area contributed by atoms with Gasteiger partial charge in [-0.25, -0.2) is 9.97 Å². The predicted octanol–water partition coefficient (Wildman–Crippen LogP) is 3.89. The Hall–Kier alpha value is -3.41. The third-order valence-corrected chi connectivity index (χ3v) is 4.31. The van der Waals surface area contributed by atoms with Crippen LogP contribution < -0.4 is 10.1 Å². The summed E-state index contributed by atoms with van der Waals surface area (Å²) in [7, 11) is 0. The summed E-state index contributed by atoms with van der Waals surface area (Å²) in [4.78, 5) is 20.8. The summed E-state index contributed by atoms with van der Waals surface area (Å²) >= 11 is 0. The molecule has 1 aliphatic carbocycles. The molecule has 27 heavy (non-hydrogen) atoms. The van der Waals surface area contributed by atoms with Gasteiger partial charge in [-0.15, -0.1) is 0 Å². The van der Waals surface area contributed by atoms with Gasteiger partial charge < -0.3 is 15.2 Å². The van der Waals surface area contributed by atoms with Gasteiger partial charge in [-0.05, 0) is 55.2 Å². The Morgan fingerprint density at radius 1 is 1.11 bits per heavy atom. The normalized spacial score (nSPS) is 13.2. The minimum Gasteiger partial charge on any atom is -0.508 e. The van der Waals surface area contributed by atoms with Gasteiger partial charge >= 0.3 is 0 Å². The van der Waals surface area contributed by atoms with Crippen LogP contribution in [-0.4, -0.2) is 27.6 Å². The van der Waals surface area contributed by atoms with Gasteiger partial charge in [0.1, 0.15) is 11.5 Å². The molecule has 2 aromatic carbocycles. The number of carbonyl (C=O) groups excluding carboxylic acids is 1. The molecule has 1 fully saturated rings. The number of benzene rings is 2. The van der Waals surface area contributed by atoms with Crippen molar-refractivity contribution < 1.29 is 14.6 Å². The van der Waals surface area contributed by atoms with E-state index in [9.17, 15) is 9.90 Å². The largest absolute Gasteiger partial charge is 0.508 e. The number of aromatic nitrogens is 2. The van der Waals surface area contributed by atoms with E-state index in [1.54, 1.807) is 48.5 Å². The quantitative estimate of drug-likeness (QED) is 0.696. The number of nitrogens with zero attached hydrogens (tertiary/aromatic N) is 2. The van der Waals surface area contributed by atoms with Crippen molar-refractivity contribution in [1.82, 2.24) is 9.97 Å². The molecule has 1 heterocycles. The van der Waals surface area contributed by atoms with E-state index in [4.69, 9.17) is 4.74 Å². The molecule has 0 aliphatic heterocycles.